The van der Waals surface area contributed by atoms with Crippen molar-refractivity contribution in [1.29, 1.82) is 0 Å². The zero-order valence-corrected chi connectivity index (χ0v) is 10.7. The fourth-order valence-electron chi connectivity index (χ4n) is 0.756. The van der Waals surface area contributed by atoms with Crippen molar-refractivity contribution in [2.24, 2.45) is 0 Å². The maximum absolute atomic E-state index is 6.03. The number of hydrogen-bond donors (Lipinski definition) is 0. The Bertz CT molecular complexity index is 190. The molecule has 0 spiro atoms. The highest BCUT2D eigenvalue weighted by atomic mass is 28.4. The molecule has 1 aliphatic rings. The lowest BCUT2D eigenvalue weighted by Gasteiger charge is -2.36. The van der Waals surface area contributed by atoms with Gasteiger partial charge in [0, 0.05) is 0 Å². The van der Waals surface area contributed by atoms with Crippen LogP contribution in [0.4, 0.5) is 0 Å². The van der Waals surface area contributed by atoms with Crippen LogP contribution in [0.25, 0.3) is 0 Å². The van der Waals surface area contributed by atoms with E-state index in [1.54, 1.807) is 0 Å². The summed E-state index contributed by atoms with van der Waals surface area (Å²) in [6.45, 7) is 15.1. The van der Waals surface area contributed by atoms with Crippen molar-refractivity contribution in [3.8, 4) is 0 Å². The Hall–Kier alpha value is 0.137. The van der Waals surface area contributed by atoms with Crippen LogP contribution in [0.5, 0.6) is 0 Å². The van der Waals surface area contributed by atoms with Crippen LogP contribution in [0, 0.1) is 0 Å². The second-order valence-electron chi connectivity index (χ2n) is 5.79. The first-order valence-electron chi connectivity index (χ1n) is 4.94. The molecule has 3 heteroatoms. The number of hydrogen-bond acceptors (Lipinski definition) is 2. The van der Waals surface area contributed by atoms with Crippen LogP contribution >= 0.6 is 0 Å². The minimum atomic E-state index is -1.55. The summed E-state index contributed by atoms with van der Waals surface area (Å²) in [5.41, 5.74) is 0.0372. The molecule has 0 unspecified atom stereocenters. The first-order chi connectivity index (χ1) is 5.66. The molecule has 0 bridgehead atoms. The third-order valence-corrected chi connectivity index (χ3v) is 7.66. The number of ether oxygens (including phenoxy) is 1. The fraction of sp³-hybridized carbons (Fsp3) is 1.00. The summed E-state index contributed by atoms with van der Waals surface area (Å²) in [5, 5.41) is 0.304. The quantitative estimate of drug-likeness (QED) is 0.518. The molecule has 1 heterocycles. The van der Waals surface area contributed by atoms with E-state index in [-0.39, 0.29) is 5.60 Å². The maximum Gasteiger partial charge on any atom is 0.192 e. The Balaban J connectivity index is 2.42. The summed E-state index contributed by atoms with van der Waals surface area (Å²) in [7, 11) is -1.55. The van der Waals surface area contributed by atoms with Gasteiger partial charge in [0.1, 0.15) is 5.60 Å². The van der Waals surface area contributed by atoms with Crippen LogP contribution in [0.3, 0.4) is 0 Å². The summed E-state index contributed by atoms with van der Waals surface area (Å²) in [5.74, 6) is 0. The molecule has 0 radical (unpaired) electrons. The average molecular weight is 202 g/mol. The monoisotopic (exact) mass is 202 g/mol. The highest BCUT2D eigenvalue weighted by Crippen LogP contribution is 2.38. The van der Waals surface area contributed by atoms with E-state index in [1.807, 2.05) is 0 Å². The highest BCUT2D eigenvalue weighted by molar-refractivity contribution is 6.74. The van der Waals surface area contributed by atoms with Gasteiger partial charge in [-0.1, -0.05) is 20.8 Å². The predicted octanol–water partition coefficient (Wildman–Crippen LogP) is 2.80. The largest absolute Gasteiger partial charge is 0.414 e. The van der Waals surface area contributed by atoms with Crippen LogP contribution in [0.2, 0.25) is 18.1 Å². The van der Waals surface area contributed by atoms with Gasteiger partial charge in [0.15, 0.2) is 8.32 Å². The Kier molecular flexibility index (Phi) is 2.65. The van der Waals surface area contributed by atoms with E-state index in [1.165, 1.54) is 0 Å². The molecule has 1 atom stereocenters. The van der Waals surface area contributed by atoms with E-state index >= 15 is 0 Å². The molecule has 1 aliphatic heterocycles. The smallest absolute Gasteiger partial charge is 0.192 e. The van der Waals surface area contributed by atoms with Gasteiger partial charge in [0.25, 0.3) is 0 Å². The lowest BCUT2D eigenvalue weighted by atomic mass is 10.2. The Morgan fingerprint density at radius 3 is 2.15 bits per heavy atom. The normalized spacial score (nSPS) is 29.1. The minimum absolute atomic E-state index is 0.0372. The van der Waals surface area contributed by atoms with Gasteiger partial charge in [-0.3, -0.25) is 0 Å². The fourth-order valence-corrected chi connectivity index (χ4v) is 1.86. The Morgan fingerprint density at radius 2 is 1.85 bits per heavy atom. The van der Waals surface area contributed by atoms with Crippen LogP contribution in [-0.4, -0.2) is 27.1 Å². The topological polar surface area (TPSA) is 21.8 Å². The van der Waals surface area contributed by atoms with Crippen LogP contribution in [0.1, 0.15) is 27.7 Å². The molecule has 78 valence electrons. The predicted molar refractivity (Wildman–Crippen MR) is 57.5 cm³/mol. The van der Waals surface area contributed by atoms with Gasteiger partial charge in [-0.05, 0) is 25.1 Å². The van der Waals surface area contributed by atoms with Gasteiger partial charge in [-0.2, -0.15) is 0 Å². The first kappa shape index (κ1) is 11.2. The van der Waals surface area contributed by atoms with Gasteiger partial charge >= 0.3 is 0 Å². The molecule has 1 rings (SSSR count). The van der Waals surface area contributed by atoms with Crippen LogP contribution in [0.15, 0.2) is 0 Å². The van der Waals surface area contributed by atoms with Crippen molar-refractivity contribution < 1.29 is 9.16 Å². The summed E-state index contributed by atoms with van der Waals surface area (Å²) < 4.78 is 11.3. The molecule has 0 aromatic carbocycles. The van der Waals surface area contributed by atoms with Gasteiger partial charge in [-0.15, -0.1) is 0 Å². The van der Waals surface area contributed by atoms with Crippen LogP contribution < -0.4 is 0 Å². The summed E-state index contributed by atoms with van der Waals surface area (Å²) >= 11 is 0. The van der Waals surface area contributed by atoms with Gasteiger partial charge < -0.3 is 9.16 Å². The molecular weight excluding hydrogens is 180 g/mol. The van der Waals surface area contributed by atoms with E-state index in [2.05, 4.69) is 40.8 Å². The molecule has 0 aromatic heterocycles. The summed E-state index contributed by atoms with van der Waals surface area (Å²) in [6.07, 6.45) is 0. The molecule has 2 nitrogen and oxygen atoms in total. The second kappa shape index (κ2) is 3.07. The van der Waals surface area contributed by atoms with Gasteiger partial charge in [0.05, 0.1) is 13.2 Å². The number of epoxide rings is 1. The highest BCUT2D eigenvalue weighted by Gasteiger charge is 2.44. The first-order valence-corrected chi connectivity index (χ1v) is 7.85. The molecule has 0 saturated carbocycles. The van der Waals surface area contributed by atoms with Crippen molar-refractivity contribution >= 4 is 8.32 Å². The lowest BCUT2D eigenvalue weighted by molar-refractivity contribution is 0.188. The van der Waals surface area contributed by atoms with E-state index in [9.17, 15) is 0 Å². The van der Waals surface area contributed by atoms with Gasteiger partial charge in [-0.25, -0.2) is 0 Å². The van der Waals surface area contributed by atoms with E-state index in [4.69, 9.17) is 9.16 Å². The number of rotatable bonds is 3. The van der Waals surface area contributed by atoms with Crippen molar-refractivity contribution in [3.05, 3.63) is 0 Å². The molecule has 0 aliphatic carbocycles. The third-order valence-electron chi connectivity index (χ3n) is 3.18. The van der Waals surface area contributed by atoms with Crippen molar-refractivity contribution in [2.45, 2.75) is 51.4 Å². The Morgan fingerprint density at radius 1 is 1.38 bits per heavy atom. The van der Waals surface area contributed by atoms with E-state index < -0.39 is 8.32 Å². The summed E-state index contributed by atoms with van der Waals surface area (Å²) in [6, 6.07) is 0. The molecule has 13 heavy (non-hydrogen) atoms. The summed E-state index contributed by atoms with van der Waals surface area (Å²) in [4.78, 5) is 0. The minimum Gasteiger partial charge on any atom is -0.414 e. The average Bonchev–Trinajstić information content (AvgIpc) is 2.63. The van der Waals surface area contributed by atoms with E-state index in [0.29, 0.717) is 5.04 Å². The molecule has 0 N–H and O–H groups in total. The Labute approximate surface area is 82.7 Å². The van der Waals surface area contributed by atoms with Crippen molar-refractivity contribution in [3.63, 3.8) is 0 Å². The molecular formula is C10H22O2Si. The molecule has 1 fully saturated rings. The molecule has 1 saturated heterocycles. The molecule has 0 aromatic rings. The standard InChI is InChI=1S/C10H22O2Si/c1-9(2,3)13(5,6)12-8-10(4)7-11-10/h7-8H2,1-6H3/t10-/m0/s1. The van der Waals surface area contributed by atoms with Crippen LogP contribution in [-0.2, 0) is 9.16 Å². The zero-order chi connectivity index (χ0) is 10.3. The SMILES string of the molecule is CC(C)(C)[Si](C)(C)OC[C@]1(C)CO1. The second-order valence-corrected chi connectivity index (χ2v) is 10.6. The maximum atomic E-state index is 6.03. The van der Waals surface area contributed by atoms with Crippen molar-refractivity contribution in [2.75, 3.05) is 13.2 Å². The molecule has 0 amide bonds. The van der Waals surface area contributed by atoms with Gasteiger partial charge in [0.2, 0.25) is 0 Å². The third kappa shape index (κ3) is 2.79. The lowest BCUT2D eigenvalue weighted by Crippen LogP contribution is -2.42. The van der Waals surface area contributed by atoms with E-state index in [0.717, 1.165) is 13.2 Å². The zero-order valence-electron chi connectivity index (χ0n) is 9.73. The van der Waals surface area contributed by atoms with Crippen molar-refractivity contribution in [1.82, 2.24) is 0 Å².